The van der Waals surface area contributed by atoms with Crippen molar-refractivity contribution in [3.8, 4) is 0 Å². The molecular formula is C17H29NO4. The fourth-order valence-corrected chi connectivity index (χ4v) is 2.68. The van der Waals surface area contributed by atoms with Crippen LogP contribution in [-0.4, -0.2) is 31.3 Å². The number of allylic oxidation sites excluding steroid dienone is 1. The summed E-state index contributed by atoms with van der Waals surface area (Å²) >= 11 is 0. The van der Waals surface area contributed by atoms with E-state index in [1.807, 2.05) is 26.8 Å². The predicted octanol–water partition coefficient (Wildman–Crippen LogP) is 3.44. The predicted molar refractivity (Wildman–Crippen MR) is 85.5 cm³/mol. The number of hydrogen-bond donors (Lipinski definition) is 1. The van der Waals surface area contributed by atoms with Crippen LogP contribution in [0.5, 0.6) is 0 Å². The molecular weight excluding hydrogens is 282 g/mol. The van der Waals surface area contributed by atoms with E-state index in [0.717, 1.165) is 25.7 Å². The monoisotopic (exact) mass is 311 g/mol. The zero-order valence-electron chi connectivity index (χ0n) is 14.4. The Morgan fingerprint density at radius 2 is 1.77 bits per heavy atom. The maximum absolute atomic E-state index is 11.6. The molecule has 0 aromatic rings. The van der Waals surface area contributed by atoms with Gasteiger partial charge in [0.25, 0.3) is 0 Å². The van der Waals surface area contributed by atoms with Crippen LogP contribution < -0.4 is 5.32 Å². The summed E-state index contributed by atoms with van der Waals surface area (Å²) in [5.74, 6) is 0.654. The summed E-state index contributed by atoms with van der Waals surface area (Å²) in [7, 11) is 1.40. The molecule has 1 aliphatic rings. The molecule has 22 heavy (non-hydrogen) atoms. The van der Waals surface area contributed by atoms with Gasteiger partial charge in [0.1, 0.15) is 5.60 Å². The Kier molecular flexibility index (Phi) is 6.91. The van der Waals surface area contributed by atoms with Gasteiger partial charge in [0, 0.05) is 12.1 Å². The van der Waals surface area contributed by atoms with Gasteiger partial charge in [-0.2, -0.15) is 0 Å². The highest BCUT2D eigenvalue weighted by atomic mass is 16.6. The number of carbonyl (C=O) groups is 2. The molecule has 126 valence electrons. The van der Waals surface area contributed by atoms with Crippen LogP contribution in [0.15, 0.2) is 11.6 Å². The van der Waals surface area contributed by atoms with E-state index in [9.17, 15) is 9.59 Å². The fourth-order valence-electron chi connectivity index (χ4n) is 2.68. The zero-order valence-corrected chi connectivity index (χ0v) is 14.4. The van der Waals surface area contributed by atoms with Crippen molar-refractivity contribution < 1.29 is 19.1 Å². The molecule has 5 heteroatoms. The third-order valence-electron chi connectivity index (χ3n) is 3.82. The van der Waals surface area contributed by atoms with Gasteiger partial charge in [0.15, 0.2) is 0 Å². The van der Waals surface area contributed by atoms with Crippen LogP contribution in [0.4, 0.5) is 4.79 Å². The molecule has 1 N–H and O–H groups in total. The molecule has 0 atom stereocenters. The van der Waals surface area contributed by atoms with Gasteiger partial charge in [-0.3, -0.25) is 0 Å². The molecule has 1 fully saturated rings. The molecule has 0 aliphatic heterocycles. The summed E-state index contributed by atoms with van der Waals surface area (Å²) in [5, 5.41) is 2.84. The molecule has 0 spiro atoms. The number of nitrogens with one attached hydrogen (secondary N) is 1. The van der Waals surface area contributed by atoms with Gasteiger partial charge in [-0.1, -0.05) is 6.08 Å². The van der Waals surface area contributed by atoms with Gasteiger partial charge in [0.05, 0.1) is 7.11 Å². The Balaban J connectivity index is 2.31. The van der Waals surface area contributed by atoms with Crippen molar-refractivity contribution in [3.63, 3.8) is 0 Å². The Labute approximate surface area is 133 Å². The van der Waals surface area contributed by atoms with Crippen molar-refractivity contribution in [2.75, 3.05) is 13.7 Å². The van der Waals surface area contributed by atoms with Crippen LogP contribution >= 0.6 is 0 Å². The minimum absolute atomic E-state index is 0.256. The summed E-state index contributed by atoms with van der Waals surface area (Å²) in [6.45, 7) is 8.01. The molecule has 0 aromatic carbocycles. The molecule has 0 heterocycles. The van der Waals surface area contributed by atoms with E-state index in [0.29, 0.717) is 24.0 Å². The first kappa shape index (κ1) is 18.5. The average Bonchev–Trinajstić information content (AvgIpc) is 2.43. The topological polar surface area (TPSA) is 64.6 Å². The third kappa shape index (κ3) is 6.96. The van der Waals surface area contributed by atoms with E-state index in [-0.39, 0.29) is 12.1 Å². The largest absolute Gasteiger partial charge is 0.466 e. The molecule has 1 saturated carbocycles. The molecule has 0 radical (unpaired) electrons. The Morgan fingerprint density at radius 3 is 2.27 bits per heavy atom. The van der Waals surface area contributed by atoms with Crippen molar-refractivity contribution in [2.45, 2.75) is 59.0 Å². The summed E-state index contributed by atoms with van der Waals surface area (Å²) < 4.78 is 9.94. The minimum atomic E-state index is -0.460. The van der Waals surface area contributed by atoms with Crippen molar-refractivity contribution in [3.05, 3.63) is 11.6 Å². The summed E-state index contributed by atoms with van der Waals surface area (Å²) in [4.78, 5) is 23.0. The Morgan fingerprint density at radius 1 is 1.18 bits per heavy atom. The number of rotatable bonds is 4. The highest BCUT2D eigenvalue weighted by Crippen LogP contribution is 2.30. The molecule has 0 bridgehead atoms. The van der Waals surface area contributed by atoms with Gasteiger partial charge in [-0.25, -0.2) is 9.59 Å². The van der Waals surface area contributed by atoms with E-state index in [1.165, 1.54) is 7.11 Å². The lowest BCUT2D eigenvalue weighted by molar-refractivity contribution is -0.136. The van der Waals surface area contributed by atoms with Crippen LogP contribution in [0, 0.1) is 11.8 Å². The first-order valence-electron chi connectivity index (χ1n) is 7.95. The first-order chi connectivity index (χ1) is 10.2. The number of ether oxygens (including phenoxy) is 2. The Bertz CT molecular complexity index is 415. The lowest BCUT2D eigenvalue weighted by atomic mass is 9.81. The molecule has 0 saturated heterocycles. The zero-order chi connectivity index (χ0) is 16.8. The molecule has 1 amide bonds. The maximum Gasteiger partial charge on any atom is 0.407 e. The number of hydrogen-bond acceptors (Lipinski definition) is 4. The van der Waals surface area contributed by atoms with E-state index in [2.05, 4.69) is 5.32 Å². The average molecular weight is 311 g/mol. The molecule has 0 unspecified atom stereocenters. The van der Waals surface area contributed by atoms with E-state index < -0.39 is 5.60 Å². The van der Waals surface area contributed by atoms with Crippen LogP contribution in [0.3, 0.4) is 0 Å². The molecule has 0 aromatic heterocycles. The normalized spacial score (nSPS) is 22.9. The number of esters is 1. The number of alkyl carbamates (subject to hydrolysis) is 1. The number of amides is 1. The van der Waals surface area contributed by atoms with Gasteiger partial charge >= 0.3 is 12.1 Å². The summed E-state index contributed by atoms with van der Waals surface area (Å²) in [6.07, 6.45) is 5.83. The fraction of sp³-hybridized carbons (Fsp3) is 0.765. The number of carbonyl (C=O) groups excluding carboxylic acids is 2. The van der Waals surface area contributed by atoms with E-state index in [1.54, 1.807) is 6.92 Å². The molecule has 1 aliphatic carbocycles. The van der Waals surface area contributed by atoms with Gasteiger partial charge in [-0.05, 0) is 65.2 Å². The molecule has 1 rings (SSSR count). The lowest BCUT2D eigenvalue weighted by Crippen LogP contribution is -2.36. The third-order valence-corrected chi connectivity index (χ3v) is 3.82. The van der Waals surface area contributed by atoms with E-state index in [4.69, 9.17) is 9.47 Å². The van der Waals surface area contributed by atoms with Crippen LogP contribution in [0.2, 0.25) is 0 Å². The standard InChI is InChI=1S/C17H29NO4/c1-12(15(19)21-5)10-13-6-8-14(9-7-13)11-18-16(20)22-17(2,3)4/h10,13-14H,6-9,11H2,1-5H3,(H,18,20)/b12-10-. The number of methoxy groups -OCH3 is 1. The highest BCUT2D eigenvalue weighted by molar-refractivity contribution is 5.87. The second-order valence-electron chi connectivity index (χ2n) is 7.00. The van der Waals surface area contributed by atoms with Crippen LogP contribution in [0.25, 0.3) is 0 Å². The van der Waals surface area contributed by atoms with Crippen molar-refractivity contribution in [1.29, 1.82) is 0 Å². The second kappa shape index (κ2) is 8.20. The van der Waals surface area contributed by atoms with Crippen molar-refractivity contribution >= 4 is 12.1 Å². The maximum atomic E-state index is 11.6. The first-order valence-corrected chi connectivity index (χ1v) is 7.95. The minimum Gasteiger partial charge on any atom is -0.466 e. The van der Waals surface area contributed by atoms with Gasteiger partial charge in [0.2, 0.25) is 0 Å². The van der Waals surface area contributed by atoms with Crippen molar-refractivity contribution in [2.24, 2.45) is 11.8 Å². The van der Waals surface area contributed by atoms with Crippen LogP contribution in [0.1, 0.15) is 53.4 Å². The second-order valence-corrected chi connectivity index (χ2v) is 7.00. The highest BCUT2D eigenvalue weighted by Gasteiger charge is 2.22. The van der Waals surface area contributed by atoms with Gasteiger partial charge < -0.3 is 14.8 Å². The van der Waals surface area contributed by atoms with Gasteiger partial charge in [-0.15, -0.1) is 0 Å². The van der Waals surface area contributed by atoms with Crippen LogP contribution in [-0.2, 0) is 14.3 Å². The summed E-state index contributed by atoms with van der Waals surface area (Å²) in [5.41, 5.74) is 0.218. The lowest BCUT2D eigenvalue weighted by Gasteiger charge is -2.27. The quantitative estimate of drug-likeness (QED) is 0.638. The van der Waals surface area contributed by atoms with E-state index >= 15 is 0 Å². The Hall–Kier alpha value is -1.52. The SMILES string of the molecule is COC(=O)/C(C)=C\C1CCC(CNC(=O)OC(C)(C)C)CC1. The summed E-state index contributed by atoms with van der Waals surface area (Å²) in [6, 6.07) is 0. The molecule has 5 nitrogen and oxygen atoms in total. The van der Waals surface area contributed by atoms with Crippen molar-refractivity contribution in [1.82, 2.24) is 5.32 Å². The smallest absolute Gasteiger partial charge is 0.407 e.